The fraction of sp³-hybridized carbons (Fsp3) is 0.467. The van der Waals surface area contributed by atoms with Crippen molar-refractivity contribution in [2.24, 2.45) is 5.92 Å². The molecule has 1 aliphatic rings. The molecule has 1 aromatic rings. The molecule has 1 amide bonds. The highest BCUT2D eigenvalue weighted by Gasteiger charge is 2.30. The van der Waals surface area contributed by atoms with E-state index in [1.165, 1.54) is 6.07 Å². The number of amides is 1. The standard InChI is InChI=1S/C15H20N2O5S/c1-9-3-4-10(8-13(9)17-23(2,21)22)14(18)16-12-6-5-11(7-12)15(19)20/h3-4,8,11-12,17H,5-7H2,1-2H3,(H,16,18)(H,19,20)/t11-,12+/m0/s1. The molecule has 0 saturated heterocycles. The van der Waals surface area contributed by atoms with Gasteiger partial charge in [-0.15, -0.1) is 0 Å². The summed E-state index contributed by atoms with van der Waals surface area (Å²) in [7, 11) is -3.43. The van der Waals surface area contributed by atoms with Crippen LogP contribution in [0.1, 0.15) is 35.2 Å². The topological polar surface area (TPSA) is 113 Å². The van der Waals surface area contributed by atoms with Gasteiger partial charge in [-0.25, -0.2) is 8.42 Å². The normalized spacial score (nSPS) is 21.0. The van der Waals surface area contributed by atoms with Crippen molar-refractivity contribution in [3.63, 3.8) is 0 Å². The van der Waals surface area contributed by atoms with Crippen molar-refractivity contribution in [1.82, 2.24) is 5.32 Å². The Hall–Kier alpha value is -2.09. The van der Waals surface area contributed by atoms with Crippen LogP contribution in [0.2, 0.25) is 0 Å². The third-order valence-electron chi connectivity index (χ3n) is 3.91. The lowest BCUT2D eigenvalue weighted by Gasteiger charge is -2.14. The van der Waals surface area contributed by atoms with Crippen molar-refractivity contribution in [1.29, 1.82) is 0 Å². The lowest BCUT2D eigenvalue weighted by Crippen LogP contribution is -2.33. The molecule has 0 bridgehead atoms. The molecule has 23 heavy (non-hydrogen) atoms. The van der Waals surface area contributed by atoms with Crippen molar-refractivity contribution >= 4 is 27.6 Å². The summed E-state index contributed by atoms with van der Waals surface area (Å²) in [5, 5.41) is 11.8. The smallest absolute Gasteiger partial charge is 0.306 e. The minimum absolute atomic E-state index is 0.170. The number of anilines is 1. The largest absolute Gasteiger partial charge is 0.481 e. The maximum atomic E-state index is 12.3. The van der Waals surface area contributed by atoms with Crippen LogP contribution in [-0.2, 0) is 14.8 Å². The number of benzene rings is 1. The third-order valence-corrected chi connectivity index (χ3v) is 4.50. The molecule has 0 spiro atoms. The van der Waals surface area contributed by atoms with E-state index in [2.05, 4.69) is 10.0 Å². The number of hydrogen-bond donors (Lipinski definition) is 3. The number of carboxylic acid groups (broad SMARTS) is 1. The van der Waals surface area contributed by atoms with Crippen molar-refractivity contribution in [2.75, 3.05) is 11.0 Å². The zero-order chi connectivity index (χ0) is 17.2. The maximum absolute atomic E-state index is 12.3. The van der Waals surface area contributed by atoms with Crippen LogP contribution in [0.4, 0.5) is 5.69 Å². The SMILES string of the molecule is Cc1ccc(C(=O)N[C@@H]2CC[C@H](C(=O)O)C2)cc1NS(C)(=O)=O. The van der Waals surface area contributed by atoms with E-state index in [4.69, 9.17) is 5.11 Å². The van der Waals surface area contributed by atoms with Crippen molar-refractivity contribution in [3.8, 4) is 0 Å². The number of rotatable bonds is 5. The average Bonchev–Trinajstić information content (AvgIpc) is 2.88. The Morgan fingerprint density at radius 3 is 2.52 bits per heavy atom. The maximum Gasteiger partial charge on any atom is 0.306 e. The molecule has 126 valence electrons. The first kappa shape index (κ1) is 17.3. The van der Waals surface area contributed by atoms with Gasteiger partial charge in [0.1, 0.15) is 0 Å². The van der Waals surface area contributed by atoms with E-state index in [9.17, 15) is 18.0 Å². The zero-order valence-electron chi connectivity index (χ0n) is 13.0. The Morgan fingerprint density at radius 1 is 1.26 bits per heavy atom. The van der Waals surface area contributed by atoms with Gasteiger partial charge in [-0.2, -0.15) is 0 Å². The highest BCUT2D eigenvalue weighted by atomic mass is 32.2. The fourth-order valence-corrected chi connectivity index (χ4v) is 3.30. The minimum Gasteiger partial charge on any atom is -0.481 e. The Kier molecular flexibility index (Phi) is 4.93. The Morgan fingerprint density at radius 2 is 1.96 bits per heavy atom. The first-order valence-corrected chi connectivity index (χ1v) is 9.17. The van der Waals surface area contributed by atoms with Crippen molar-refractivity contribution < 1.29 is 23.1 Å². The number of carbonyl (C=O) groups is 2. The molecular weight excluding hydrogens is 320 g/mol. The average molecular weight is 340 g/mol. The molecule has 0 aliphatic heterocycles. The molecular formula is C15H20N2O5S. The van der Waals surface area contributed by atoms with Crippen LogP contribution in [0.25, 0.3) is 0 Å². The molecule has 0 heterocycles. The lowest BCUT2D eigenvalue weighted by molar-refractivity contribution is -0.141. The summed E-state index contributed by atoms with van der Waals surface area (Å²) in [6.45, 7) is 1.74. The summed E-state index contributed by atoms with van der Waals surface area (Å²) < 4.78 is 25.1. The summed E-state index contributed by atoms with van der Waals surface area (Å²) in [4.78, 5) is 23.2. The van der Waals surface area contributed by atoms with E-state index < -0.39 is 21.9 Å². The van der Waals surface area contributed by atoms with Crippen molar-refractivity contribution in [3.05, 3.63) is 29.3 Å². The van der Waals surface area contributed by atoms with Gasteiger partial charge in [0.2, 0.25) is 10.0 Å². The van der Waals surface area contributed by atoms with Crippen LogP contribution in [0.3, 0.4) is 0 Å². The monoisotopic (exact) mass is 340 g/mol. The first-order chi connectivity index (χ1) is 10.7. The first-order valence-electron chi connectivity index (χ1n) is 7.28. The molecule has 1 aromatic carbocycles. The summed E-state index contributed by atoms with van der Waals surface area (Å²) >= 11 is 0. The van der Waals surface area contributed by atoms with Crippen LogP contribution < -0.4 is 10.0 Å². The van der Waals surface area contributed by atoms with Gasteiger partial charge in [-0.05, 0) is 43.9 Å². The van der Waals surface area contributed by atoms with Gasteiger partial charge in [-0.3, -0.25) is 14.3 Å². The molecule has 2 atom stereocenters. The van der Waals surface area contributed by atoms with E-state index in [-0.39, 0.29) is 11.9 Å². The quantitative estimate of drug-likeness (QED) is 0.749. The van der Waals surface area contributed by atoms with Crippen molar-refractivity contribution in [2.45, 2.75) is 32.2 Å². The number of hydrogen-bond acceptors (Lipinski definition) is 4. The molecule has 1 saturated carbocycles. The second-order valence-electron chi connectivity index (χ2n) is 5.92. The van der Waals surface area contributed by atoms with Gasteiger partial charge in [0.25, 0.3) is 5.91 Å². The fourth-order valence-electron chi connectivity index (χ4n) is 2.68. The van der Waals surface area contributed by atoms with E-state index in [1.807, 2.05) is 0 Å². The molecule has 0 aromatic heterocycles. The number of sulfonamides is 1. The summed E-state index contributed by atoms with van der Waals surface area (Å²) in [6, 6.07) is 4.59. The van der Waals surface area contributed by atoms with Gasteiger partial charge in [0.05, 0.1) is 17.9 Å². The molecule has 0 radical (unpaired) electrons. The van der Waals surface area contributed by atoms with Crippen LogP contribution in [0, 0.1) is 12.8 Å². The summed E-state index contributed by atoms with van der Waals surface area (Å²) in [5.74, 6) is -1.59. The molecule has 3 N–H and O–H groups in total. The second kappa shape index (κ2) is 6.57. The van der Waals surface area contributed by atoms with E-state index in [1.54, 1.807) is 19.1 Å². The highest BCUT2D eigenvalue weighted by Crippen LogP contribution is 2.26. The molecule has 0 unspecified atom stereocenters. The Bertz CT molecular complexity index is 729. The third kappa shape index (κ3) is 4.69. The molecule has 1 fully saturated rings. The predicted octanol–water partition coefficient (Wildman–Crippen LogP) is 1.35. The number of aliphatic carboxylic acids is 1. The predicted molar refractivity (Wildman–Crippen MR) is 85.9 cm³/mol. The van der Waals surface area contributed by atoms with Crippen LogP contribution in [0.5, 0.6) is 0 Å². The number of carbonyl (C=O) groups excluding carboxylic acids is 1. The van der Waals surface area contributed by atoms with Crippen LogP contribution >= 0.6 is 0 Å². The Labute approximate surface area is 135 Å². The lowest BCUT2D eigenvalue weighted by atomic mass is 10.1. The van der Waals surface area contributed by atoms with Crippen LogP contribution in [0.15, 0.2) is 18.2 Å². The molecule has 2 rings (SSSR count). The van der Waals surface area contributed by atoms with Gasteiger partial charge in [0.15, 0.2) is 0 Å². The minimum atomic E-state index is -3.43. The van der Waals surface area contributed by atoms with Crippen LogP contribution in [-0.4, -0.2) is 37.7 Å². The number of nitrogens with one attached hydrogen (secondary N) is 2. The second-order valence-corrected chi connectivity index (χ2v) is 7.67. The highest BCUT2D eigenvalue weighted by molar-refractivity contribution is 7.92. The van der Waals surface area contributed by atoms with Gasteiger partial charge in [0, 0.05) is 11.6 Å². The number of aryl methyl sites for hydroxylation is 1. The van der Waals surface area contributed by atoms with Gasteiger partial charge in [-0.1, -0.05) is 6.07 Å². The van der Waals surface area contributed by atoms with Gasteiger partial charge < -0.3 is 10.4 Å². The van der Waals surface area contributed by atoms with E-state index in [0.717, 1.165) is 6.26 Å². The molecule has 8 heteroatoms. The summed E-state index contributed by atoms with van der Waals surface area (Å²) in [6.07, 6.45) is 2.64. The van der Waals surface area contributed by atoms with Gasteiger partial charge >= 0.3 is 5.97 Å². The Balaban J connectivity index is 2.08. The summed E-state index contributed by atoms with van der Waals surface area (Å²) in [5.41, 5.74) is 1.40. The van der Waals surface area contributed by atoms with E-state index in [0.29, 0.717) is 36.1 Å². The number of carboxylic acids is 1. The zero-order valence-corrected chi connectivity index (χ0v) is 13.8. The van der Waals surface area contributed by atoms with E-state index >= 15 is 0 Å². The molecule has 1 aliphatic carbocycles. The molecule has 7 nitrogen and oxygen atoms in total.